The monoisotopic (exact) mass is 604 g/mol. The topological polar surface area (TPSA) is 58.6 Å². The van der Waals surface area contributed by atoms with Crippen LogP contribution in [0.1, 0.15) is 27.0 Å². The van der Waals surface area contributed by atoms with E-state index in [2.05, 4.69) is 5.32 Å². The van der Waals surface area contributed by atoms with Crippen molar-refractivity contribution in [3.8, 4) is 5.75 Å². The van der Waals surface area contributed by atoms with Crippen LogP contribution in [0.4, 0.5) is 0 Å². The van der Waals surface area contributed by atoms with Crippen molar-refractivity contribution >= 4 is 81.0 Å². The zero-order valence-corrected chi connectivity index (χ0v) is 24.1. The van der Waals surface area contributed by atoms with Gasteiger partial charge in [-0.25, -0.2) is 0 Å². The largest absolute Gasteiger partial charge is 0.466 e. The molecule has 5 nitrogen and oxygen atoms in total. The number of carbonyl (C=O) groups is 2. The summed E-state index contributed by atoms with van der Waals surface area (Å²) in [6.07, 6.45) is 1.25. The molecule has 0 bridgehead atoms. The number of aryl methyl sites for hydroxylation is 1. The van der Waals surface area contributed by atoms with Gasteiger partial charge in [0.2, 0.25) is 10.0 Å². The van der Waals surface area contributed by atoms with Crippen molar-refractivity contribution in [2.45, 2.75) is 23.4 Å². The van der Waals surface area contributed by atoms with Crippen molar-refractivity contribution in [3.63, 3.8) is 0 Å². The fourth-order valence-electron chi connectivity index (χ4n) is 3.59. The quantitative estimate of drug-likeness (QED) is 0.130. The summed E-state index contributed by atoms with van der Waals surface area (Å²) in [6, 6.07) is 23.8. The van der Waals surface area contributed by atoms with Gasteiger partial charge in [-0.15, -0.1) is 0 Å². The van der Waals surface area contributed by atoms with Crippen molar-refractivity contribution in [3.05, 3.63) is 106 Å². The summed E-state index contributed by atoms with van der Waals surface area (Å²) in [5.41, 5.74) is 3.35. The molecule has 1 N–H and O–H groups in total. The lowest BCUT2D eigenvalue weighted by molar-refractivity contribution is -0.122. The van der Waals surface area contributed by atoms with Gasteiger partial charge in [0.15, 0.2) is 0 Å². The Bertz CT molecular complexity index is 1340. The fourth-order valence-corrected chi connectivity index (χ4v) is 5.20. The lowest BCUT2D eigenvalue weighted by Gasteiger charge is -2.26. The van der Waals surface area contributed by atoms with E-state index in [-0.39, 0.29) is 5.91 Å². The highest BCUT2D eigenvalue weighted by Gasteiger charge is 2.36. The van der Waals surface area contributed by atoms with E-state index in [1.54, 1.807) is 47.4 Å². The minimum absolute atomic E-state index is 0.119. The van der Waals surface area contributed by atoms with Crippen LogP contribution in [0.5, 0.6) is 5.75 Å². The molecule has 1 saturated heterocycles. The maximum absolute atomic E-state index is 12.9. The van der Waals surface area contributed by atoms with E-state index >= 15 is 0 Å². The van der Waals surface area contributed by atoms with Gasteiger partial charge in [-0.1, -0.05) is 119 Å². The Balaban J connectivity index is 1.40. The van der Waals surface area contributed by atoms with E-state index < -0.39 is 15.9 Å². The van der Waals surface area contributed by atoms with Gasteiger partial charge in [-0.05, 0) is 54.8 Å². The summed E-state index contributed by atoms with van der Waals surface area (Å²) in [6.45, 7) is 2.44. The number of carbonyl (C=O) groups excluding carboxylic acids is 2. The number of hydrogen-bond acceptors (Lipinski definition) is 5. The van der Waals surface area contributed by atoms with Crippen LogP contribution in [-0.4, -0.2) is 37.6 Å². The van der Waals surface area contributed by atoms with Gasteiger partial charge in [-0.2, -0.15) is 0 Å². The standard InChI is InChI=1S/C28H23Cl3N2O3S2/c1-18-7-11-21(12-8-18)24(34)32-26(28(29,30)31)36-22-13-9-20(10-14-22)17-23-25(35)33(27(37)38-23)16-15-19-5-3-2-4-6-19/h2-14,17,26H,15-16H2,1H3,(H,32,34)/b23-17+/t26-/m1/s1. The van der Waals surface area contributed by atoms with Crippen LogP contribution in [0.3, 0.4) is 0 Å². The number of nitrogens with one attached hydrogen (secondary N) is 1. The molecule has 0 unspecified atom stereocenters. The van der Waals surface area contributed by atoms with Gasteiger partial charge < -0.3 is 10.1 Å². The van der Waals surface area contributed by atoms with Crippen LogP contribution in [0, 0.1) is 6.92 Å². The molecule has 0 radical (unpaired) electrons. The molecule has 2 amide bonds. The van der Waals surface area contributed by atoms with Crippen LogP contribution < -0.4 is 10.1 Å². The average Bonchev–Trinajstić information content (AvgIpc) is 3.15. The smallest absolute Gasteiger partial charge is 0.266 e. The highest BCUT2D eigenvalue weighted by molar-refractivity contribution is 8.26. The van der Waals surface area contributed by atoms with Crippen molar-refractivity contribution in [1.82, 2.24) is 10.2 Å². The highest BCUT2D eigenvalue weighted by Crippen LogP contribution is 2.34. The number of thiocarbonyl (C=S) groups is 1. The van der Waals surface area contributed by atoms with Crippen LogP contribution in [0.15, 0.2) is 83.8 Å². The van der Waals surface area contributed by atoms with E-state index in [0.717, 1.165) is 23.1 Å². The number of rotatable bonds is 8. The molecule has 0 aromatic heterocycles. The van der Waals surface area contributed by atoms with Crippen LogP contribution in [0.25, 0.3) is 6.08 Å². The molecule has 0 saturated carbocycles. The predicted octanol–water partition coefficient (Wildman–Crippen LogP) is 6.94. The third-order valence-electron chi connectivity index (χ3n) is 5.65. The normalized spacial score (nSPS) is 15.6. The van der Waals surface area contributed by atoms with Gasteiger partial charge in [-0.3, -0.25) is 14.5 Å². The summed E-state index contributed by atoms with van der Waals surface area (Å²) in [5.74, 6) is -0.184. The molecule has 196 valence electrons. The molecule has 1 heterocycles. The Morgan fingerprint density at radius 3 is 2.34 bits per heavy atom. The summed E-state index contributed by atoms with van der Waals surface area (Å²) in [5, 5.41) is 2.62. The molecular weight excluding hydrogens is 583 g/mol. The van der Waals surface area contributed by atoms with E-state index in [0.29, 0.717) is 27.1 Å². The molecule has 4 rings (SSSR count). The van der Waals surface area contributed by atoms with Crippen LogP contribution >= 0.6 is 58.8 Å². The van der Waals surface area contributed by atoms with Gasteiger partial charge in [0, 0.05) is 12.1 Å². The number of ether oxygens (including phenoxy) is 1. The summed E-state index contributed by atoms with van der Waals surface area (Å²) >= 11 is 25.0. The molecule has 1 atom stereocenters. The first-order valence-corrected chi connectivity index (χ1v) is 14.0. The predicted molar refractivity (Wildman–Crippen MR) is 160 cm³/mol. The van der Waals surface area contributed by atoms with Crippen molar-refractivity contribution < 1.29 is 14.3 Å². The number of amides is 2. The number of alkyl halides is 3. The Morgan fingerprint density at radius 1 is 1.05 bits per heavy atom. The molecule has 1 aliphatic rings. The average molecular weight is 606 g/mol. The Hall–Kier alpha value is -2.55. The van der Waals surface area contributed by atoms with E-state index in [4.69, 9.17) is 51.8 Å². The number of nitrogens with zero attached hydrogens (tertiary/aromatic N) is 1. The first-order valence-electron chi connectivity index (χ1n) is 11.6. The Kier molecular flexibility index (Phi) is 9.39. The van der Waals surface area contributed by atoms with E-state index in [1.165, 1.54) is 11.8 Å². The second-order valence-electron chi connectivity index (χ2n) is 8.52. The van der Waals surface area contributed by atoms with Crippen molar-refractivity contribution in [2.24, 2.45) is 0 Å². The number of thioether (sulfide) groups is 1. The molecule has 1 aliphatic heterocycles. The summed E-state index contributed by atoms with van der Waals surface area (Å²) in [7, 11) is 0. The third kappa shape index (κ3) is 7.52. The van der Waals surface area contributed by atoms with Gasteiger partial charge in [0.1, 0.15) is 10.1 Å². The lowest BCUT2D eigenvalue weighted by Crippen LogP contribution is -2.47. The fraction of sp³-hybridized carbons (Fsp3) is 0.179. The van der Waals surface area contributed by atoms with Gasteiger partial charge in [0.25, 0.3) is 11.8 Å². The number of halogens is 3. The lowest BCUT2D eigenvalue weighted by atomic mass is 10.1. The first kappa shape index (κ1) is 28.5. The van der Waals surface area contributed by atoms with Gasteiger partial charge in [0.05, 0.1) is 4.91 Å². The zero-order chi connectivity index (χ0) is 27.3. The number of benzene rings is 3. The maximum atomic E-state index is 12.9. The Morgan fingerprint density at radius 2 is 1.71 bits per heavy atom. The van der Waals surface area contributed by atoms with E-state index in [9.17, 15) is 9.59 Å². The zero-order valence-electron chi connectivity index (χ0n) is 20.2. The molecule has 3 aromatic carbocycles. The molecule has 1 fully saturated rings. The minimum atomic E-state index is -1.92. The first-order chi connectivity index (χ1) is 18.1. The molecule has 3 aromatic rings. The van der Waals surface area contributed by atoms with Crippen LogP contribution in [0.2, 0.25) is 0 Å². The third-order valence-corrected chi connectivity index (χ3v) is 7.62. The maximum Gasteiger partial charge on any atom is 0.266 e. The van der Waals surface area contributed by atoms with Crippen molar-refractivity contribution in [2.75, 3.05) is 6.54 Å². The molecule has 10 heteroatoms. The SMILES string of the molecule is Cc1ccc(C(=O)N[C@H](Oc2ccc(/C=C3/SC(=S)N(CCc4ccccc4)C3=O)cc2)C(Cl)(Cl)Cl)cc1. The summed E-state index contributed by atoms with van der Waals surface area (Å²) in [4.78, 5) is 27.7. The van der Waals surface area contributed by atoms with Crippen molar-refractivity contribution in [1.29, 1.82) is 0 Å². The Labute approximate surface area is 246 Å². The van der Waals surface area contributed by atoms with Crippen LogP contribution in [-0.2, 0) is 11.2 Å². The minimum Gasteiger partial charge on any atom is -0.466 e. The molecule has 0 spiro atoms. The second-order valence-corrected chi connectivity index (χ2v) is 12.6. The molecule has 0 aliphatic carbocycles. The molecule has 38 heavy (non-hydrogen) atoms. The second kappa shape index (κ2) is 12.5. The molecular formula is C28H23Cl3N2O3S2. The van der Waals surface area contributed by atoms with Gasteiger partial charge >= 0.3 is 0 Å². The number of hydrogen-bond donors (Lipinski definition) is 1. The summed E-state index contributed by atoms with van der Waals surface area (Å²) < 4.78 is 4.41. The highest BCUT2D eigenvalue weighted by atomic mass is 35.6. The van der Waals surface area contributed by atoms with E-state index in [1.807, 2.05) is 49.4 Å².